The number of fused-ring (bicyclic) bond motifs is 3. The standard InChI is InChI=1S/C24H31N5O3/c30-15-19-18-14-29-20(5-4-17(24(29)32)16-6-8-25-9-7-16)21(18)27-22(19)23(31)26-10-13-28-11-2-1-3-12-28/h4-9,18-19,21-22,27,30H,1-3,10-15H2,(H,26,31)/t18-,19-,21+,22-/m0/s1. The number of aromatic nitrogens is 2. The van der Waals surface area contributed by atoms with Crippen LogP contribution in [0.5, 0.6) is 0 Å². The molecule has 5 heterocycles. The van der Waals surface area contributed by atoms with Crippen LogP contribution in [0.4, 0.5) is 0 Å². The summed E-state index contributed by atoms with van der Waals surface area (Å²) < 4.78 is 1.80. The first-order valence-electron chi connectivity index (χ1n) is 11.7. The van der Waals surface area contributed by atoms with Gasteiger partial charge in [-0.1, -0.05) is 6.42 Å². The zero-order valence-corrected chi connectivity index (χ0v) is 18.2. The molecule has 32 heavy (non-hydrogen) atoms. The predicted octanol–water partition coefficient (Wildman–Crippen LogP) is 0.764. The highest BCUT2D eigenvalue weighted by Crippen LogP contribution is 2.42. The molecule has 3 aliphatic rings. The third-order valence-electron chi connectivity index (χ3n) is 7.35. The van der Waals surface area contributed by atoms with Gasteiger partial charge in [0.05, 0.1) is 12.1 Å². The van der Waals surface area contributed by atoms with E-state index in [4.69, 9.17) is 0 Å². The molecule has 0 bridgehead atoms. The average molecular weight is 438 g/mol. The van der Waals surface area contributed by atoms with E-state index in [1.165, 1.54) is 19.3 Å². The summed E-state index contributed by atoms with van der Waals surface area (Å²) in [5, 5.41) is 16.6. The van der Waals surface area contributed by atoms with E-state index >= 15 is 0 Å². The lowest BCUT2D eigenvalue weighted by Gasteiger charge is -2.27. The van der Waals surface area contributed by atoms with Crippen LogP contribution in [0.2, 0.25) is 0 Å². The highest BCUT2D eigenvalue weighted by atomic mass is 16.3. The first kappa shape index (κ1) is 21.3. The van der Waals surface area contributed by atoms with Gasteiger partial charge in [0.1, 0.15) is 0 Å². The van der Waals surface area contributed by atoms with Crippen molar-refractivity contribution in [1.29, 1.82) is 0 Å². The topological polar surface area (TPSA) is 99.5 Å². The van der Waals surface area contributed by atoms with Crippen LogP contribution in [0, 0.1) is 11.8 Å². The van der Waals surface area contributed by atoms with Gasteiger partial charge in [0.25, 0.3) is 5.56 Å². The highest BCUT2D eigenvalue weighted by molar-refractivity contribution is 5.82. The minimum absolute atomic E-state index is 0.0123. The van der Waals surface area contributed by atoms with E-state index < -0.39 is 6.04 Å². The number of pyridine rings is 2. The smallest absolute Gasteiger partial charge is 0.258 e. The monoisotopic (exact) mass is 437 g/mol. The number of nitrogens with zero attached hydrogens (tertiary/aromatic N) is 3. The van der Waals surface area contributed by atoms with Crippen molar-refractivity contribution in [3.8, 4) is 11.1 Å². The van der Waals surface area contributed by atoms with Gasteiger partial charge >= 0.3 is 0 Å². The van der Waals surface area contributed by atoms with E-state index in [-0.39, 0.29) is 36.0 Å². The number of hydrogen-bond acceptors (Lipinski definition) is 6. The van der Waals surface area contributed by atoms with Crippen molar-refractivity contribution in [1.82, 2.24) is 25.1 Å². The molecule has 2 aromatic heterocycles. The molecular weight excluding hydrogens is 406 g/mol. The summed E-state index contributed by atoms with van der Waals surface area (Å²) in [7, 11) is 0. The number of piperidine rings is 1. The second-order valence-corrected chi connectivity index (χ2v) is 9.15. The molecule has 8 heteroatoms. The number of rotatable bonds is 6. The highest BCUT2D eigenvalue weighted by Gasteiger charge is 2.50. The van der Waals surface area contributed by atoms with Crippen molar-refractivity contribution < 1.29 is 9.90 Å². The predicted molar refractivity (Wildman–Crippen MR) is 121 cm³/mol. The summed E-state index contributed by atoms with van der Waals surface area (Å²) in [5.41, 5.74) is 2.34. The molecule has 1 amide bonds. The number of aliphatic hydroxyl groups excluding tert-OH is 1. The van der Waals surface area contributed by atoms with Crippen LogP contribution in [0.1, 0.15) is 31.0 Å². The molecule has 170 valence electrons. The Bertz CT molecular complexity index is 1020. The molecule has 3 N–H and O–H groups in total. The molecule has 0 aliphatic carbocycles. The number of hydrogen-bond donors (Lipinski definition) is 3. The van der Waals surface area contributed by atoms with Gasteiger partial charge in [-0.15, -0.1) is 0 Å². The Labute approximate surface area is 187 Å². The minimum Gasteiger partial charge on any atom is -0.396 e. The molecule has 0 unspecified atom stereocenters. The van der Waals surface area contributed by atoms with Crippen molar-refractivity contribution in [3.05, 3.63) is 52.7 Å². The molecule has 4 atom stereocenters. The van der Waals surface area contributed by atoms with E-state index in [9.17, 15) is 14.7 Å². The van der Waals surface area contributed by atoms with Gasteiger partial charge in [-0.25, -0.2) is 0 Å². The van der Waals surface area contributed by atoms with Gasteiger partial charge in [-0.05, 0) is 55.8 Å². The van der Waals surface area contributed by atoms with Crippen molar-refractivity contribution in [2.24, 2.45) is 11.8 Å². The average Bonchev–Trinajstić information content (AvgIpc) is 3.37. The molecule has 8 nitrogen and oxygen atoms in total. The second kappa shape index (κ2) is 9.13. The first-order chi connectivity index (χ1) is 15.7. The first-order valence-corrected chi connectivity index (χ1v) is 11.7. The van der Waals surface area contributed by atoms with E-state index in [1.807, 2.05) is 24.3 Å². The zero-order chi connectivity index (χ0) is 22.1. The van der Waals surface area contributed by atoms with Crippen LogP contribution < -0.4 is 16.2 Å². The quantitative estimate of drug-likeness (QED) is 0.617. The third-order valence-corrected chi connectivity index (χ3v) is 7.35. The Morgan fingerprint density at radius 2 is 1.94 bits per heavy atom. The Balaban J connectivity index is 1.28. The van der Waals surface area contributed by atoms with Crippen LogP contribution in [-0.4, -0.2) is 64.3 Å². The molecule has 0 radical (unpaired) electrons. The van der Waals surface area contributed by atoms with Crippen LogP contribution in [0.3, 0.4) is 0 Å². The summed E-state index contributed by atoms with van der Waals surface area (Å²) in [4.78, 5) is 32.5. The zero-order valence-electron chi connectivity index (χ0n) is 18.2. The van der Waals surface area contributed by atoms with Gasteiger partial charge in [0.2, 0.25) is 5.91 Å². The lowest BCUT2D eigenvalue weighted by Crippen LogP contribution is -2.48. The van der Waals surface area contributed by atoms with Crippen molar-refractivity contribution >= 4 is 5.91 Å². The van der Waals surface area contributed by atoms with Crippen LogP contribution >= 0.6 is 0 Å². The Morgan fingerprint density at radius 1 is 1.16 bits per heavy atom. The SMILES string of the molecule is O=C(NCCN1CCCCC1)[C@H]1N[C@H]2c3ccc(-c4ccncc4)c(=O)n3C[C@H]2[C@@H]1CO. The Morgan fingerprint density at radius 3 is 2.69 bits per heavy atom. The molecule has 2 saturated heterocycles. The lowest BCUT2D eigenvalue weighted by molar-refractivity contribution is -0.124. The van der Waals surface area contributed by atoms with Crippen LogP contribution in [-0.2, 0) is 11.3 Å². The van der Waals surface area contributed by atoms with Gasteiger partial charge in [-0.2, -0.15) is 0 Å². The number of carbonyl (C=O) groups excluding carboxylic acids is 1. The fourth-order valence-corrected chi connectivity index (χ4v) is 5.64. The van der Waals surface area contributed by atoms with Crippen molar-refractivity contribution in [3.63, 3.8) is 0 Å². The molecular formula is C24H31N5O3. The fraction of sp³-hybridized carbons (Fsp3) is 0.542. The van der Waals surface area contributed by atoms with E-state index in [0.29, 0.717) is 18.7 Å². The summed E-state index contributed by atoms with van der Waals surface area (Å²) >= 11 is 0. The number of amides is 1. The Hall–Kier alpha value is -2.55. The normalized spacial score (nSPS) is 27.2. The largest absolute Gasteiger partial charge is 0.396 e. The third kappa shape index (κ3) is 3.87. The van der Waals surface area contributed by atoms with Gasteiger partial charge < -0.3 is 19.9 Å². The van der Waals surface area contributed by atoms with E-state index in [1.54, 1.807) is 17.0 Å². The molecule has 0 spiro atoms. The lowest BCUT2D eigenvalue weighted by atomic mass is 9.88. The maximum atomic E-state index is 13.2. The molecule has 5 rings (SSSR count). The summed E-state index contributed by atoms with van der Waals surface area (Å²) in [6.45, 7) is 4.12. The molecule has 3 aliphatic heterocycles. The summed E-state index contributed by atoms with van der Waals surface area (Å²) in [6, 6.07) is 6.94. The van der Waals surface area contributed by atoms with E-state index in [0.717, 1.165) is 30.9 Å². The number of aliphatic hydroxyl groups is 1. The maximum absolute atomic E-state index is 13.2. The van der Waals surface area contributed by atoms with Crippen molar-refractivity contribution in [2.45, 2.75) is 37.9 Å². The second-order valence-electron chi connectivity index (χ2n) is 9.15. The van der Waals surface area contributed by atoms with Crippen LogP contribution in [0.15, 0.2) is 41.5 Å². The van der Waals surface area contributed by atoms with Crippen molar-refractivity contribution in [2.75, 3.05) is 32.8 Å². The molecule has 2 aromatic rings. The summed E-state index contributed by atoms with van der Waals surface area (Å²) in [5.74, 6) is -0.269. The van der Waals surface area contributed by atoms with Gasteiger partial charge in [0.15, 0.2) is 0 Å². The fourth-order valence-electron chi connectivity index (χ4n) is 5.64. The number of carbonyl (C=O) groups is 1. The number of nitrogens with one attached hydrogen (secondary N) is 2. The Kier molecular flexibility index (Phi) is 6.08. The minimum atomic E-state index is -0.444. The van der Waals surface area contributed by atoms with Gasteiger partial charge in [-0.3, -0.25) is 19.9 Å². The molecule has 0 aromatic carbocycles. The molecule has 2 fully saturated rings. The van der Waals surface area contributed by atoms with Gasteiger partial charge in [0, 0.05) is 61.7 Å². The van der Waals surface area contributed by atoms with Crippen LogP contribution in [0.25, 0.3) is 11.1 Å². The maximum Gasteiger partial charge on any atom is 0.258 e. The number of likely N-dealkylation sites (tertiary alicyclic amines) is 1. The van der Waals surface area contributed by atoms with E-state index in [2.05, 4.69) is 20.5 Å². The summed E-state index contributed by atoms with van der Waals surface area (Å²) in [6.07, 6.45) is 7.12. The molecule has 0 saturated carbocycles.